The second-order valence-corrected chi connectivity index (χ2v) is 8.49. The maximum atomic E-state index is 6.30. The van der Waals surface area contributed by atoms with Crippen molar-refractivity contribution in [3.05, 3.63) is 91.0 Å². The maximum Gasteiger partial charge on any atom is 0.171 e. The zero-order chi connectivity index (χ0) is 14.5. The van der Waals surface area contributed by atoms with E-state index in [1.165, 1.54) is 0 Å². The fourth-order valence-electron chi connectivity index (χ4n) is 2.13. The molecule has 0 bridgehead atoms. The lowest BCUT2D eigenvalue weighted by molar-refractivity contribution is 0.628. The molecule has 1 nitrogen and oxygen atoms in total. The highest BCUT2D eigenvalue weighted by atomic mass is 32.4. The van der Waals surface area contributed by atoms with Crippen LogP contribution in [0.3, 0.4) is 0 Å². The highest BCUT2D eigenvalue weighted by molar-refractivity contribution is 8.19. The zero-order valence-corrected chi connectivity index (χ0v) is 13.1. The van der Waals surface area contributed by atoms with Gasteiger partial charge in [-0.25, -0.2) is 0 Å². The lowest BCUT2D eigenvalue weighted by atomic mass is 10.3. The summed E-state index contributed by atoms with van der Waals surface area (Å²) in [5.74, 6) is 0.813. The Bertz CT molecular complexity index is 698. The largest absolute Gasteiger partial charge is 0.458 e. The van der Waals surface area contributed by atoms with Crippen LogP contribution in [-0.4, -0.2) is 0 Å². The van der Waals surface area contributed by atoms with E-state index < -0.39 is 6.26 Å². The van der Waals surface area contributed by atoms with Gasteiger partial charge in [0.2, 0.25) is 0 Å². The van der Waals surface area contributed by atoms with Crippen LogP contribution >= 0.6 is 6.26 Å². The van der Waals surface area contributed by atoms with Crippen LogP contribution in [0.1, 0.15) is 0 Å². The second kappa shape index (κ2) is 6.26. The summed E-state index contributed by atoms with van der Waals surface area (Å²) in [4.78, 5) is 0. The summed E-state index contributed by atoms with van der Waals surface area (Å²) in [7, 11) is 0. The SMILES string of the molecule is S=P(Oc1ccccc1)(c1ccccc1)c1ccccc1. The average molecular weight is 310 g/mol. The smallest absolute Gasteiger partial charge is 0.171 e. The number of benzene rings is 3. The van der Waals surface area contributed by atoms with Crippen LogP contribution in [0, 0.1) is 0 Å². The van der Waals surface area contributed by atoms with Gasteiger partial charge in [-0.15, -0.1) is 0 Å². The minimum absolute atomic E-state index is 0.813. The fourth-order valence-corrected chi connectivity index (χ4v) is 5.18. The van der Waals surface area contributed by atoms with E-state index >= 15 is 0 Å². The van der Waals surface area contributed by atoms with Crippen molar-refractivity contribution in [1.29, 1.82) is 0 Å². The monoisotopic (exact) mass is 310 g/mol. The van der Waals surface area contributed by atoms with Gasteiger partial charge >= 0.3 is 0 Å². The van der Waals surface area contributed by atoms with Gasteiger partial charge in [-0.1, -0.05) is 78.9 Å². The van der Waals surface area contributed by atoms with Gasteiger partial charge in [0.15, 0.2) is 6.26 Å². The maximum absolute atomic E-state index is 6.30. The molecule has 0 spiro atoms. The van der Waals surface area contributed by atoms with Crippen LogP contribution in [0.4, 0.5) is 0 Å². The zero-order valence-electron chi connectivity index (χ0n) is 11.4. The third-order valence-corrected chi connectivity index (χ3v) is 7.08. The lowest BCUT2D eigenvalue weighted by Crippen LogP contribution is -2.19. The van der Waals surface area contributed by atoms with E-state index in [0.717, 1.165) is 16.4 Å². The molecule has 3 rings (SSSR count). The van der Waals surface area contributed by atoms with Gasteiger partial charge in [-0.05, 0) is 23.9 Å². The van der Waals surface area contributed by atoms with E-state index in [0.29, 0.717) is 0 Å². The summed E-state index contributed by atoms with van der Waals surface area (Å²) >= 11 is 6.01. The van der Waals surface area contributed by atoms with Crippen molar-refractivity contribution in [2.24, 2.45) is 0 Å². The van der Waals surface area contributed by atoms with Crippen LogP contribution in [-0.2, 0) is 11.8 Å². The quantitative estimate of drug-likeness (QED) is 0.671. The van der Waals surface area contributed by atoms with Crippen LogP contribution in [0.2, 0.25) is 0 Å². The van der Waals surface area contributed by atoms with Crippen molar-refractivity contribution in [3.63, 3.8) is 0 Å². The Morgan fingerprint density at radius 1 is 0.571 bits per heavy atom. The Kier molecular flexibility index (Phi) is 4.19. The number of hydrogen-bond donors (Lipinski definition) is 0. The van der Waals surface area contributed by atoms with Crippen molar-refractivity contribution >= 4 is 28.7 Å². The van der Waals surface area contributed by atoms with Gasteiger partial charge in [0.1, 0.15) is 5.75 Å². The molecule has 3 aromatic carbocycles. The molecule has 0 atom stereocenters. The second-order valence-electron chi connectivity index (χ2n) is 4.63. The van der Waals surface area contributed by atoms with Crippen molar-refractivity contribution in [2.45, 2.75) is 0 Å². The summed E-state index contributed by atoms with van der Waals surface area (Å²) in [5, 5.41) is 2.13. The Morgan fingerprint density at radius 2 is 0.952 bits per heavy atom. The Labute approximate surface area is 130 Å². The van der Waals surface area contributed by atoms with Gasteiger partial charge in [0.05, 0.1) is 0 Å². The van der Waals surface area contributed by atoms with E-state index in [2.05, 4.69) is 24.3 Å². The Balaban J connectivity index is 2.10. The van der Waals surface area contributed by atoms with Crippen LogP contribution in [0.5, 0.6) is 5.75 Å². The van der Waals surface area contributed by atoms with Gasteiger partial charge in [0, 0.05) is 10.6 Å². The third-order valence-electron chi connectivity index (χ3n) is 3.17. The van der Waals surface area contributed by atoms with Crippen molar-refractivity contribution in [3.8, 4) is 5.75 Å². The molecule has 0 radical (unpaired) electrons. The van der Waals surface area contributed by atoms with Gasteiger partial charge < -0.3 is 4.52 Å². The van der Waals surface area contributed by atoms with Crippen molar-refractivity contribution < 1.29 is 4.52 Å². The van der Waals surface area contributed by atoms with Gasteiger partial charge in [-0.2, -0.15) is 0 Å². The van der Waals surface area contributed by atoms with Crippen LogP contribution in [0.25, 0.3) is 0 Å². The first kappa shape index (κ1) is 14.1. The summed E-state index contributed by atoms with van der Waals surface area (Å²) in [6, 6.07) is 30.0. The Hall–Kier alpha value is -1.89. The first-order chi connectivity index (χ1) is 10.3. The highest BCUT2D eigenvalue weighted by Gasteiger charge is 2.24. The average Bonchev–Trinajstić information content (AvgIpc) is 2.57. The summed E-state index contributed by atoms with van der Waals surface area (Å²) in [5.41, 5.74) is 0. The van der Waals surface area contributed by atoms with Crippen LogP contribution < -0.4 is 15.1 Å². The summed E-state index contributed by atoms with van der Waals surface area (Å²) in [6.45, 7) is 0. The van der Waals surface area contributed by atoms with Gasteiger partial charge in [0.25, 0.3) is 0 Å². The van der Waals surface area contributed by atoms with Crippen molar-refractivity contribution in [1.82, 2.24) is 0 Å². The van der Waals surface area contributed by atoms with E-state index in [-0.39, 0.29) is 0 Å². The molecule has 0 amide bonds. The minimum Gasteiger partial charge on any atom is -0.458 e. The molecule has 0 unspecified atom stereocenters. The molecule has 0 saturated carbocycles. The summed E-state index contributed by atoms with van der Waals surface area (Å²) in [6.07, 6.45) is -2.31. The molecule has 0 aliphatic rings. The molecule has 0 aliphatic heterocycles. The summed E-state index contributed by atoms with van der Waals surface area (Å²) < 4.78 is 6.30. The van der Waals surface area contributed by atoms with Crippen molar-refractivity contribution in [2.75, 3.05) is 0 Å². The molecule has 0 fully saturated rings. The van der Waals surface area contributed by atoms with E-state index in [4.69, 9.17) is 16.3 Å². The number of para-hydroxylation sites is 1. The van der Waals surface area contributed by atoms with E-state index in [9.17, 15) is 0 Å². The molecular formula is C18H15OPS. The predicted molar refractivity (Wildman–Crippen MR) is 93.5 cm³/mol. The molecular weight excluding hydrogens is 295 g/mol. The number of rotatable bonds is 4. The van der Waals surface area contributed by atoms with E-state index in [1.54, 1.807) is 0 Å². The third kappa shape index (κ3) is 3.07. The normalized spacial score (nSPS) is 11.0. The Morgan fingerprint density at radius 3 is 1.38 bits per heavy atom. The molecule has 104 valence electrons. The molecule has 0 aromatic heterocycles. The molecule has 0 N–H and O–H groups in total. The molecule has 21 heavy (non-hydrogen) atoms. The number of hydrogen-bond acceptors (Lipinski definition) is 2. The predicted octanol–water partition coefficient (Wildman–Crippen LogP) is 4.11. The van der Waals surface area contributed by atoms with E-state index in [1.807, 2.05) is 66.7 Å². The van der Waals surface area contributed by atoms with Crippen LogP contribution in [0.15, 0.2) is 91.0 Å². The highest BCUT2D eigenvalue weighted by Crippen LogP contribution is 2.45. The van der Waals surface area contributed by atoms with Gasteiger partial charge in [-0.3, -0.25) is 0 Å². The molecule has 3 heteroatoms. The first-order valence-electron chi connectivity index (χ1n) is 6.75. The molecule has 0 heterocycles. The topological polar surface area (TPSA) is 9.23 Å². The minimum atomic E-state index is -2.31. The lowest BCUT2D eigenvalue weighted by Gasteiger charge is -2.24. The molecule has 0 saturated heterocycles. The fraction of sp³-hybridized carbons (Fsp3) is 0. The molecule has 3 aromatic rings. The first-order valence-corrected chi connectivity index (χ1v) is 9.47. The molecule has 0 aliphatic carbocycles. The standard InChI is InChI=1S/C18H15OPS/c21-20(17-12-6-2-7-13-17,18-14-8-3-9-15-18)19-16-10-4-1-5-11-16/h1-15H.